The summed E-state index contributed by atoms with van der Waals surface area (Å²) in [7, 11) is 0. The van der Waals surface area contributed by atoms with Gasteiger partial charge in [-0.3, -0.25) is 0 Å². The average molecular weight is 223 g/mol. The SMILES string of the molecule is CC1CCN(c2cc(N)nc(N)n2)C1CO. The second-order valence-electron chi connectivity index (χ2n) is 4.22. The molecule has 1 aliphatic heterocycles. The summed E-state index contributed by atoms with van der Waals surface area (Å²) in [5.41, 5.74) is 11.2. The molecule has 0 amide bonds. The van der Waals surface area contributed by atoms with Crippen LogP contribution in [0.1, 0.15) is 13.3 Å². The van der Waals surface area contributed by atoms with E-state index in [0.717, 1.165) is 13.0 Å². The molecule has 16 heavy (non-hydrogen) atoms. The van der Waals surface area contributed by atoms with Gasteiger partial charge in [0.2, 0.25) is 5.95 Å². The molecule has 6 heteroatoms. The molecule has 0 spiro atoms. The van der Waals surface area contributed by atoms with Gasteiger partial charge >= 0.3 is 0 Å². The summed E-state index contributed by atoms with van der Waals surface area (Å²) in [4.78, 5) is 10.0. The van der Waals surface area contributed by atoms with E-state index in [4.69, 9.17) is 11.5 Å². The number of nitrogen functional groups attached to an aromatic ring is 2. The van der Waals surface area contributed by atoms with E-state index in [1.807, 2.05) is 4.90 Å². The summed E-state index contributed by atoms with van der Waals surface area (Å²) in [6.45, 7) is 3.10. The van der Waals surface area contributed by atoms with Crippen LogP contribution in [0.15, 0.2) is 6.07 Å². The number of hydrogen-bond acceptors (Lipinski definition) is 6. The van der Waals surface area contributed by atoms with Crippen LogP contribution in [0.4, 0.5) is 17.6 Å². The fourth-order valence-corrected chi connectivity index (χ4v) is 2.19. The zero-order valence-electron chi connectivity index (χ0n) is 9.30. The molecule has 0 saturated carbocycles. The molecule has 0 radical (unpaired) electrons. The van der Waals surface area contributed by atoms with Crippen molar-refractivity contribution in [3.05, 3.63) is 6.07 Å². The molecule has 2 heterocycles. The number of nitrogens with two attached hydrogens (primary N) is 2. The van der Waals surface area contributed by atoms with Crippen LogP contribution in [-0.4, -0.2) is 34.3 Å². The third kappa shape index (κ3) is 1.88. The third-order valence-corrected chi connectivity index (χ3v) is 3.11. The molecule has 0 aromatic carbocycles. The minimum Gasteiger partial charge on any atom is -0.394 e. The Morgan fingerprint density at radius 3 is 2.88 bits per heavy atom. The Balaban J connectivity index is 2.29. The summed E-state index contributed by atoms with van der Waals surface area (Å²) in [5, 5.41) is 9.36. The maximum absolute atomic E-state index is 9.36. The molecule has 2 atom stereocenters. The highest BCUT2D eigenvalue weighted by Gasteiger charge is 2.31. The van der Waals surface area contributed by atoms with Crippen LogP contribution >= 0.6 is 0 Å². The van der Waals surface area contributed by atoms with Crippen LogP contribution in [-0.2, 0) is 0 Å². The molecule has 88 valence electrons. The minimum atomic E-state index is 0.0914. The van der Waals surface area contributed by atoms with Crippen LogP contribution in [0.2, 0.25) is 0 Å². The number of rotatable bonds is 2. The minimum absolute atomic E-state index is 0.0914. The molecule has 2 rings (SSSR count). The Morgan fingerprint density at radius 1 is 1.50 bits per heavy atom. The molecule has 1 aromatic heterocycles. The van der Waals surface area contributed by atoms with Crippen LogP contribution in [0.5, 0.6) is 0 Å². The lowest BCUT2D eigenvalue weighted by molar-refractivity contribution is 0.244. The molecular formula is C10H17N5O. The van der Waals surface area contributed by atoms with Gasteiger partial charge in [-0.2, -0.15) is 9.97 Å². The number of aliphatic hydroxyl groups excluding tert-OH is 1. The Bertz CT molecular complexity index is 363. The lowest BCUT2D eigenvalue weighted by Gasteiger charge is -2.26. The smallest absolute Gasteiger partial charge is 0.223 e. The first-order chi connectivity index (χ1) is 7.61. The molecule has 0 aliphatic carbocycles. The fourth-order valence-electron chi connectivity index (χ4n) is 2.19. The second kappa shape index (κ2) is 4.13. The van der Waals surface area contributed by atoms with Gasteiger partial charge < -0.3 is 21.5 Å². The predicted molar refractivity (Wildman–Crippen MR) is 62.9 cm³/mol. The van der Waals surface area contributed by atoms with E-state index < -0.39 is 0 Å². The average Bonchev–Trinajstić information content (AvgIpc) is 2.58. The summed E-state index contributed by atoms with van der Waals surface area (Å²) in [6, 6.07) is 1.78. The highest BCUT2D eigenvalue weighted by atomic mass is 16.3. The van der Waals surface area contributed by atoms with Gasteiger partial charge in [0.05, 0.1) is 12.6 Å². The quantitative estimate of drug-likeness (QED) is 0.644. The monoisotopic (exact) mass is 223 g/mol. The lowest BCUT2D eigenvalue weighted by Crippen LogP contribution is -2.35. The Labute approximate surface area is 94.3 Å². The Hall–Kier alpha value is -1.56. The van der Waals surface area contributed by atoms with Crippen molar-refractivity contribution in [1.29, 1.82) is 0 Å². The van der Waals surface area contributed by atoms with Crippen molar-refractivity contribution >= 4 is 17.6 Å². The standard InChI is InChI=1S/C10H17N5O/c1-6-2-3-15(7(6)5-16)9-4-8(11)13-10(12)14-9/h4,6-7,16H,2-3,5H2,1H3,(H4,11,12,13,14). The molecule has 5 N–H and O–H groups in total. The number of aromatic nitrogens is 2. The maximum atomic E-state index is 9.36. The van der Waals surface area contributed by atoms with Crippen LogP contribution in [0.25, 0.3) is 0 Å². The van der Waals surface area contributed by atoms with Gasteiger partial charge in [0, 0.05) is 12.6 Å². The van der Waals surface area contributed by atoms with Crippen molar-refractivity contribution in [2.45, 2.75) is 19.4 Å². The van der Waals surface area contributed by atoms with Crippen molar-refractivity contribution in [3.63, 3.8) is 0 Å². The van der Waals surface area contributed by atoms with E-state index >= 15 is 0 Å². The largest absolute Gasteiger partial charge is 0.394 e. The van der Waals surface area contributed by atoms with Crippen molar-refractivity contribution in [3.8, 4) is 0 Å². The fraction of sp³-hybridized carbons (Fsp3) is 0.600. The lowest BCUT2D eigenvalue weighted by atomic mass is 10.0. The van der Waals surface area contributed by atoms with Crippen molar-refractivity contribution in [2.75, 3.05) is 29.5 Å². The van der Waals surface area contributed by atoms with Crippen molar-refractivity contribution in [1.82, 2.24) is 9.97 Å². The van der Waals surface area contributed by atoms with Crippen LogP contribution < -0.4 is 16.4 Å². The highest BCUT2D eigenvalue weighted by molar-refractivity contribution is 5.51. The number of hydrogen-bond donors (Lipinski definition) is 3. The van der Waals surface area contributed by atoms with E-state index in [9.17, 15) is 5.11 Å². The molecule has 1 aliphatic rings. The summed E-state index contributed by atoms with van der Waals surface area (Å²) in [6.07, 6.45) is 1.04. The van der Waals surface area contributed by atoms with E-state index in [-0.39, 0.29) is 18.6 Å². The maximum Gasteiger partial charge on any atom is 0.223 e. The molecule has 6 nitrogen and oxygen atoms in total. The molecule has 1 aromatic rings. The second-order valence-corrected chi connectivity index (χ2v) is 4.22. The van der Waals surface area contributed by atoms with Gasteiger partial charge in [0.1, 0.15) is 11.6 Å². The van der Waals surface area contributed by atoms with E-state index in [1.165, 1.54) is 0 Å². The zero-order valence-corrected chi connectivity index (χ0v) is 9.30. The van der Waals surface area contributed by atoms with Crippen molar-refractivity contribution in [2.24, 2.45) is 5.92 Å². The summed E-state index contributed by atoms with van der Waals surface area (Å²) >= 11 is 0. The molecule has 1 fully saturated rings. The van der Waals surface area contributed by atoms with Crippen LogP contribution in [0.3, 0.4) is 0 Å². The van der Waals surface area contributed by atoms with Gasteiger partial charge in [-0.15, -0.1) is 0 Å². The van der Waals surface area contributed by atoms with Gasteiger partial charge in [-0.05, 0) is 12.3 Å². The Morgan fingerprint density at radius 2 is 2.25 bits per heavy atom. The number of aliphatic hydroxyl groups is 1. The van der Waals surface area contributed by atoms with E-state index in [2.05, 4.69) is 16.9 Å². The molecule has 1 saturated heterocycles. The summed E-state index contributed by atoms with van der Waals surface area (Å²) < 4.78 is 0. The first kappa shape index (κ1) is 10.9. The molecule has 2 unspecified atom stereocenters. The Kier molecular flexibility index (Phi) is 2.82. The normalized spacial score (nSPS) is 25.0. The topological polar surface area (TPSA) is 101 Å². The predicted octanol–water partition coefficient (Wildman–Crippen LogP) is -0.152. The summed E-state index contributed by atoms with van der Waals surface area (Å²) in [5.74, 6) is 1.68. The van der Waals surface area contributed by atoms with E-state index in [1.54, 1.807) is 6.07 Å². The van der Waals surface area contributed by atoms with Gasteiger partial charge in [0.15, 0.2) is 0 Å². The van der Waals surface area contributed by atoms with Gasteiger partial charge in [-0.25, -0.2) is 0 Å². The van der Waals surface area contributed by atoms with Crippen LogP contribution in [0, 0.1) is 5.92 Å². The van der Waals surface area contributed by atoms with Crippen molar-refractivity contribution < 1.29 is 5.11 Å². The number of nitrogens with zero attached hydrogens (tertiary/aromatic N) is 3. The molecular weight excluding hydrogens is 206 g/mol. The first-order valence-corrected chi connectivity index (χ1v) is 5.39. The van der Waals surface area contributed by atoms with E-state index in [0.29, 0.717) is 17.6 Å². The first-order valence-electron chi connectivity index (χ1n) is 5.39. The third-order valence-electron chi connectivity index (χ3n) is 3.11. The van der Waals surface area contributed by atoms with Gasteiger partial charge in [-0.1, -0.05) is 6.92 Å². The highest BCUT2D eigenvalue weighted by Crippen LogP contribution is 2.28. The number of anilines is 3. The molecule has 0 bridgehead atoms. The van der Waals surface area contributed by atoms with Gasteiger partial charge in [0.25, 0.3) is 0 Å². The zero-order chi connectivity index (χ0) is 11.7.